The third-order valence-corrected chi connectivity index (χ3v) is 4.28. The minimum Gasteiger partial charge on any atom is -0.313 e. The normalized spacial score (nSPS) is 12.4. The zero-order valence-electron chi connectivity index (χ0n) is 11.4. The lowest BCUT2D eigenvalue weighted by atomic mass is 9.96. The first-order valence-electron chi connectivity index (χ1n) is 6.39. The molecule has 0 fully saturated rings. The molecule has 0 saturated carbocycles. The fraction of sp³-hybridized carbons (Fsp3) is 0.250. The van der Waals surface area contributed by atoms with Crippen molar-refractivity contribution in [3.05, 3.63) is 69.2 Å². The predicted octanol–water partition coefficient (Wildman–Crippen LogP) is 4.54. The monoisotopic (exact) mass is 339 g/mol. The predicted molar refractivity (Wildman–Crippen MR) is 80.7 cm³/mol. The molecule has 0 aliphatic heterocycles. The quantitative estimate of drug-likeness (QED) is 0.862. The van der Waals surface area contributed by atoms with Crippen molar-refractivity contribution in [1.82, 2.24) is 5.32 Å². The largest absolute Gasteiger partial charge is 0.313 e. The van der Waals surface area contributed by atoms with Crippen molar-refractivity contribution in [1.29, 1.82) is 0 Å². The SMILES string of the molecule is CNC(Cc1cc(F)ccc1C)c1cccc(F)c1Br. The van der Waals surface area contributed by atoms with Gasteiger partial charge in [0.2, 0.25) is 0 Å². The van der Waals surface area contributed by atoms with Gasteiger partial charge in [0.25, 0.3) is 0 Å². The van der Waals surface area contributed by atoms with Gasteiger partial charge in [-0.3, -0.25) is 0 Å². The maximum Gasteiger partial charge on any atom is 0.137 e. The molecule has 0 bridgehead atoms. The standard InChI is InChI=1S/C16H16BrF2N/c1-10-6-7-12(18)8-11(10)9-15(20-2)13-4-3-5-14(19)16(13)17/h3-8,15,20H,9H2,1-2H3. The Labute approximate surface area is 126 Å². The van der Waals surface area contributed by atoms with Crippen molar-refractivity contribution in [2.75, 3.05) is 7.05 Å². The summed E-state index contributed by atoms with van der Waals surface area (Å²) in [5.41, 5.74) is 2.77. The van der Waals surface area contributed by atoms with Gasteiger partial charge >= 0.3 is 0 Å². The first kappa shape index (κ1) is 15.1. The van der Waals surface area contributed by atoms with E-state index in [1.165, 1.54) is 18.2 Å². The second kappa shape index (κ2) is 6.46. The molecule has 0 aromatic heterocycles. The fourth-order valence-electron chi connectivity index (χ4n) is 2.24. The number of hydrogen-bond donors (Lipinski definition) is 1. The Morgan fingerprint density at radius 3 is 2.65 bits per heavy atom. The summed E-state index contributed by atoms with van der Waals surface area (Å²) in [6.07, 6.45) is 0.599. The van der Waals surface area contributed by atoms with E-state index in [1.54, 1.807) is 12.1 Å². The summed E-state index contributed by atoms with van der Waals surface area (Å²) in [5, 5.41) is 3.16. The van der Waals surface area contributed by atoms with Crippen LogP contribution in [-0.4, -0.2) is 7.05 Å². The molecule has 106 valence electrons. The van der Waals surface area contributed by atoms with Crippen LogP contribution in [0.25, 0.3) is 0 Å². The molecular weight excluding hydrogens is 324 g/mol. The highest BCUT2D eigenvalue weighted by Crippen LogP contribution is 2.29. The molecular formula is C16H16BrF2N. The second-order valence-electron chi connectivity index (χ2n) is 4.76. The van der Waals surface area contributed by atoms with Gasteiger partial charge in [-0.2, -0.15) is 0 Å². The summed E-state index contributed by atoms with van der Waals surface area (Å²) in [4.78, 5) is 0. The van der Waals surface area contributed by atoms with Crippen molar-refractivity contribution in [3.63, 3.8) is 0 Å². The number of benzene rings is 2. The van der Waals surface area contributed by atoms with E-state index in [1.807, 2.05) is 20.0 Å². The van der Waals surface area contributed by atoms with Gasteiger partial charge in [-0.1, -0.05) is 18.2 Å². The van der Waals surface area contributed by atoms with E-state index in [0.29, 0.717) is 10.9 Å². The summed E-state index contributed by atoms with van der Waals surface area (Å²) >= 11 is 3.28. The third kappa shape index (κ3) is 3.25. The molecule has 2 aromatic carbocycles. The van der Waals surface area contributed by atoms with Gasteiger partial charge in [0.1, 0.15) is 11.6 Å². The Morgan fingerprint density at radius 1 is 1.20 bits per heavy atom. The molecule has 1 unspecified atom stereocenters. The minimum atomic E-state index is -0.293. The summed E-state index contributed by atoms with van der Waals surface area (Å²) in [6, 6.07) is 9.62. The van der Waals surface area contributed by atoms with Crippen LogP contribution in [0.5, 0.6) is 0 Å². The van der Waals surface area contributed by atoms with Gasteiger partial charge in [-0.15, -0.1) is 0 Å². The second-order valence-corrected chi connectivity index (χ2v) is 5.55. The lowest BCUT2D eigenvalue weighted by Gasteiger charge is -2.19. The average Bonchev–Trinajstić information content (AvgIpc) is 2.43. The molecule has 0 saturated heterocycles. The fourth-order valence-corrected chi connectivity index (χ4v) is 2.78. The van der Waals surface area contributed by atoms with Crippen LogP contribution in [0.4, 0.5) is 8.78 Å². The van der Waals surface area contributed by atoms with E-state index in [0.717, 1.165) is 16.7 Å². The van der Waals surface area contributed by atoms with Crippen molar-refractivity contribution < 1.29 is 8.78 Å². The van der Waals surface area contributed by atoms with Gasteiger partial charge in [0.15, 0.2) is 0 Å². The van der Waals surface area contributed by atoms with E-state index in [9.17, 15) is 8.78 Å². The molecule has 0 spiro atoms. The zero-order valence-corrected chi connectivity index (χ0v) is 13.0. The topological polar surface area (TPSA) is 12.0 Å². The van der Waals surface area contributed by atoms with Crippen LogP contribution in [-0.2, 0) is 6.42 Å². The van der Waals surface area contributed by atoms with Gasteiger partial charge in [0, 0.05) is 6.04 Å². The molecule has 2 rings (SSSR count). The lowest BCUT2D eigenvalue weighted by molar-refractivity contribution is 0.566. The Balaban J connectivity index is 2.34. The molecule has 1 nitrogen and oxygen atoms in total. The van der Waals surface area contributed by atoms with Crippen LogP contribution in [0, 0.1) is 18.6 Å². The number of halogens is 3. The highest BCUT2D eigenvalue weighted by atomic mass is 79.9. The molecule has 20 heavy (non-hydrogen) atoms. The number of nitrogens with one attached hydrogen (secondary N) is 1. The Morgan fingerprint density at radius 2 is 1.95 bits per heavy atom. The Kier molecular flexibility index (Phi) is 4.89. The molecule has 2 aromatic rings. The first-order chi connectivity index (χ1) is 9.52. The molecule has 0 aliphatic rings. The van der Waals surface area contributed by atoms with E-state index < -0.39 is 0 Å². The molecule has 1 atom stereocenters. The molecule has 1 N–H and O–H groups in total. The average molecular weight is 340 g/mol. The third-order valence-electron chi connectivity index (χ3n) is 3.44. The molecule has 0 heterocycles. The van der Waals surface area contributed by atoms with Crippen molar-refractivity contribution >= 4 is 15.9 Å². The maximum atomic E-state index is 13.6. The number of likely N-dealkylation sites (N-methyl/N-ethyl adjacent to an activating group) is 1. The highest BCUT2D eigenvalue weighted by molar-refractivity contribution is 9.10. The zero-order chi connectivity index (χ0) is 14.7. The Hall–Kier alpha value is -1.26. The molecule has 0 amide bonds. The van der Waals surface area contributed by atoms with Crippen molar-refractivity contribution in [2.24, 2.45) is 0 Å². The highest BCUT2D eigenvalue weighted by Gasteiger charge is 2.16. The van der Waals surface area contributed by atoms with Crippen LogP contribution in [0.15, 0.2) is 40.9 Å². The lowest BCUT2D eigenvalue weighted by Crippen LogP contribution is -2.20. The Bertz CT molecular complexity index is 613. The van der Waals surface area contributed by atoms with Crippen LogP contribution in [0.3, 0.4) is 0 Å². The summed E-state index contributed by atoms with van der Waals surface area (Å²) < 4.78 is 27.4. The van der Waals surface area contributed by atoms with E-state index in [-0.39, 0.29) is 17.7 Å². The number of rotatable bonds is 4. The maximum absolute atomic E-state index is 13.6. The minimum absolute atomic E-state index is 0.0828. The van der Waals surface area contributed by atoms with Crippen molar-refractivity contribution in [3.8, 4) is 0 Å². The number of aryl methyl sites for hydroxylation is 1. The summed E-state index contributed by atoms with van der Waals surface area (Å²) in [5.74, 6) is -0.544. The van der Waals surface area contributed by atoms with Crippen molar-refractivity contribution in [2.45, 2.75) is 19.4 Å². The first-order valence-corrected chi connectivity index (χ1v) is 7.18. The van der Waals surface area contributed by atoms with Gasteiger partial charge in [-0.25, -0.2) is 8.78 Å². The van der Waals surface area contributed by atoms with Crippen LogP contribution >= 0.6 is 15.9 Å². The summed E-state index contributed by atoms with van der Waals surface area (Å²) in [7, 11) is 1.82. The van der Waals surface area contributed by atoms with Crippen LogP contribution < -0.4 is 5.32 Å². The molecule has 0 aliphatic carbocycles. The van der Waals surface area contributed by atoms with Crippen LogP contribution in [0.2, 0.25) is 0 Å². The smallest absolute Gasteiger partial charge is 0.137 e. The van der Waals surface area contributed by atoms with E-state index in [4.69, 9.17) is 0 Å². The molecule has 0 radical (unpaired) electrons. The van der Waals surface area contributed by atoms with E-state index in [2.05, 4.69) is 21.2 Å². The number of hydrogen-bond acceptors (Lipinski definition) is 1. The van der Waals surface area contributed by atoms with Crippen LogP contribution in [0.1, 0.15) is 22.7 Å². The van der Waals surface area contributed by atoms with Gasteiger partial charge < -0.3 is 5.32 Å². The van der Waals surface area contributed by atoms with Gasteiger partial charge in [0.05, 0.1) is 4.47 Å². The molecule has 4 heteroatoms. The van der Waals surface area contributed by atoms with E-state index >= 15 is 0 Å². The van der Waals surface area contributed by atoms with Gasteiger partial charge in [-0.05, 0) is 71.2 Å². The summed E-state index contributed by atoms with van der Waals surface area (Å²) in [6.45, 7) is 1.95.